The molecule has 3 aromatic heterocycles. The predicted octanol–water partition coefficient (Wildman–Crippen LogP) is 7.00. The van der Waals surface area contributed by atoms with Crippen molar-refractivity contribution in [3.63, 3.8) is 0 Å². The zero-order valence-corrected chi connectivity index (χ0v) is 31.8. The van der Waals surface area contributed by atoms with Crippen LogP contribution < -0.4 is 20.7 Å². The Morgan fingerprint density at radius 1 is 0.782 bits per heavy atom. The summed E-state index contributed by atoms with van der Waals surface area (Å²) in [4.78, 5) is 58.7. The van der Waals surface area contributed by atoms with Crippen LogP contribution in [0.3, 0.4) is 0 Å². The van der Waals surface area contributed by atoms with Gasteiger partial charge in [-0.1, -0.05) is 12.1 Å². The van der Waals surface area contributed by atoms with Crippen molar-refractivity contribution in [3.05, 3.63) is 101 Å². The molecule has 1 saturated heterocycles. The zero-order valence-electron chi connectivity index (χ0n) is 31.8. The largest absolute Gasteiger partial charge is 0.493 e. The van der Waals surface area contributed by atoms with E-state index in [0.717, 1.165) is 53.9 Å². The van der Waals surface area contributed by atoms with Crippen LogP contribution in [-0.2, 0) is 25.9 Å². The molecule has 2 aromatic carbocycles. The maximum Gasteiger partial charge on any atom is 0.272 e. The number of carbonyl (C=O) groups excluding carboxylic acids is 4. The Balaban J connectivity index is 0.892. The summed E-state index contributed by atoms with van der Waals surface area (Å²) in [5, 5.41) is 8.75. The molecule has 2 aliphatic rings. The summed E-state index contributed by atoms with van der Waals surface area (Å²) in [7, 11) is 5.51. The van der Waals surface area contributed by atoms with E-state index in [-0.39, 0.29) is 36.1 Å². The van der Waals surface area contributed by atoms with Gasteiger partial charge in [0.15, 0.2) is 0 Å². The van der Waals surface area contributed by atoms with Crippen LogP contribution in [0.1, 0.15) is 74.7 Å². The fourth-order valence-corrected chi connectivity index (χ4v) is 7.12. The molecule has 1 atom stereocenters. The van der Waals surface area contributed by atoms with Gasteiger partial charge in [-0.25, -0.2) is 0 Å². The summed E-state index contributed by atoms with van der Waals surface area (Å²) in [6, 6.07) is 16.5. The van der Waals surface area contributed by atoms with Gasteiger partial charge in [0.1, 0.15) is 17.1 Å². The summed E-state index contributed by atoms with van der Waals surface area (Å²) in [5.74, 6) is -0.0603. The molecule has 0 unspecified atom stereocenters. The molecule has 7 rings (SSSR count). The third kappa shape index (κ3) is 8.10. The lowest BCUT2D eigenvalue weighted by molar-refractivity contribution is -0.116. The van der Waals surface area contributed by atoms with Crippen LogP contribution in [0.4, 0.5) is 22.7 Å². The predicted molar refractivity (Wildman–Crippen MR) is 214 cm³/mol. The van der Waals surface area contributed by atoms with Crippen LogP contribution in [-0.4, -0.2) is 67.6 Å². The molecule has 0 saturated carbocycles. The fraction of sp³-hybridized carbons (Fsp3) is 0.310. The normalized spacial score (nSPS) is 14.9. The lowest BCUT2D eigenvalue weighted by Crippen LogP contribution is -2.43. The van der Waals surface area contributed by atoms with Crippen molar-refractivity contribution < 1.29 is 23.9 Å². The van der Waals surface area contributed by atoms with Crippen molar-refractivity contribution in [2.75, 3.05) is 29.1 Å². The van der Waals surface area contributed by atoms with Gasteiger partial charge in [0.25, 0.3) is 17.7 Å². The first-order valence-electron chi connectivity index (χ1n) is 18.5. The lowest BCUT2D eigenvalue weighted by atomic mass is 10.0. The van der Waals surface area contributed by atoms with Gasteiger partial charge in [-0.3, -0.25) is 24.2 Å². The number of carbonyl (C=O) groups is 4. The zero-order chi connectivity index (χ0) is 38.8. The third-order valence-electron chi connectivity index (χ3n) is 10.3. The molecule has 55 heavy (non-hydrogen) atoms. The molecule has 1 fully saturated rings. The number of nitrogens with zero attached hydrogens (tertiary/aromatic N) is 5. The first-order valence-corrected chi connectivity index (χ1v) is 18.5. The van der Waals surface area contributed by atoms with Gasteiger partial charge in [-0.05, 0) is 87.1 Å². The molecule has 0 radical (unpaired) electrons. The van der Waals surface area contributed by atoms with Gasteiger partial charge in [-0.2, -0.15) is 0 Å². The second-order valence-corrected chi connectivity index (χ2v) is 14.4. The van der Waals surface area contributed by atoms with Crippen LogP contribution in [0.15, 0.2) is 78.2 Å². The average Bonchev–Trinajstić information content (AvgIpc) is 3.81. The monoisotopic (exact) mass is 742 g/mol. The standard InChI is InChI=1S/C42H46N8O5/c1-26-17-34-35(43-22-33-9-6-7-15-50(33)42(34)54)21-38(26)55-16-8-10-39(51)44-32-20-37(49(5)25-32)41(53)45-30-13-11-28(12-14-30)29-19-36(48(4)23-29)40(52)46-31-18-27(2)47(3)24-31/h11-14,17-25,33H,6-10,15-16H2,1-5H3,(H,44,51)(H,45,53)(H,46,52)/t33-/m0/s1. The number of aromatic nitrogens is 3. The van der Waals surface area contributed by atoms with Crippen molar-refractivity contribution in [1.82, 2.24) is 18.6 Å². The van der Waals surface area contributed by atoms with Crippen LogP contribution in [0.2, 0.25) is 0 Å². The van der Waals surface area contributed by atoms with E-state index in [1.807, 2.05) is 105 Å². The number of aryl methyl sites for hydroxylation is 5. The molecule has 284 valence electrons. The number of piperidine rings is 1. The molecule has 5 heterocycles. The summed E-state index contributed by atoms with van der Waals surface area (Å²) in [6.07, 6.45) is 11.1. The Labute approximate surface area is 320 Å². The topological polar surface area (TPSA) is 144 Å². The molecule has 0 bridgehead atoms. The lowest BCUT2D eigenvalue weighted by Gasteiger charge is -2.32. The number of hydrogen-bond acceptors (Lipinski definition) is 6. The molecule has 13 heteroatoms. The summed E-state index contributed by atoms with van der Waals surface area (Å²) in [5.41, 5.74) is 7.63. The van der Waals surface area contributed by atoms with E-state index in [9.17, 15) is 19.2 Å². The van der Waals surface area contributed by atoms with Gasteiger partial charge >= 0.3 is 0 Å². The van der Waals surface area contributed by atoms with Crippen LogP contribution in [0, 0.1) is 13.8 Å². The van der Waals surface area contributed by atoms with Gasteiger partial charge in [-0.15, -0.1) is 0 Å². The van der Waals surface area contributed by atoms with E-state index >= 15 is 0 Å². The third-order valence-corrected chi connectivity index (χ3v) is 10.3. The number of aliphatic imine (C=N–C) groups is 1. The van der Waals surface area contributed by atoms with Crippen molar-refractivity contribution in [1.29, 1.82) is 0 Å². The van der Waals surface area contributed by atoms with Gasteiger partial charge < -0.3 is 39.3 Å². The number of ether oxygens (including phenoxy) is 1. The number of amides is 4. The number of benzene rings is 2. The fourth-order valence-electron chi connectivity index (χ4n) is 7.12. The molecule has 2 aliphatic heterocycles. The summed E-state index contributed by atoms with van der Waals surface area (Å²) >= 11 is 0. The molecule has 5 aromatic rings. The molecule has 4 amide bonds. The Kier molecular flexibility index (Phi) is 10.4. The molecule has 0 spiro atoms. The Morgan fingerprint density at radius 3 is 2.22 bits per heavy atom. The highest BCUT2D eigenvalue weighted by molar-refractivity contribution is 6.06. The molecule has 13 nitrogen and oxygen atoms in total. The smallest absolute Gasteiger partial charge is 0.272 e. The SMILES string of the molecule is Cc1cc2c(cc1OCCCC(=O)Nc1cc(C(=O)Nc3ccc(-c4cc(C(=O)Nc5cc(C)n(C)c5)n(C)c4)cc3)n(C)c1)N=C[C@@H]1CCCCN1C2=O. The Bertz CT molecular complexity index is 2290. The minimum Gasteiger partial charge on any atom is -0.493 e. The highest BCUT2D eigenvalue weighted by Crippen LogP contribution is 2.34. The molecule has 3 N–H and O–H groups in total. The van der Waals surface area contributed by atoms with Gasteiger partial charge in [0, 0.05) is 81.9 Å². The van der Waals surface area contributed by atoms with Crippen LogP contribution >= 0.6 is 0 Å². The molecule has 0 aliphatic carbocycles. The van der Waals surface area contributed by atoms with Gasteiger partial charge in [0.05, 0.1) is 35.3 Å². The highest BCUT2D eigenvalue weighted by Gasteiger charge is 2.30. The Morgan fingerprint density at radius 2 is 1.47 bits per heavy atom. The number of hydrogen-bond donors (Lipinski definition) is 3. The number of rotatable bonds is 11. The van der Waals surface area contributed by atoms with E-state index in [0.29, 0.717) is 52.8 Å². The molecular formula is C42H46N8O5. The van der Waals surface area contributed by atoms with Crippen molar-refractivity contribution in [3.8, 4) is 16.9 Å². The minimum atomic E-state index is -0.322. The second kappa shape index (κ2) is 15.5. The van der Waals surface area contributed by atoms with E-state index in [1.165, 1.54) is 0 Å². The highest BCUT2D eigenvalue weighted by atomic mass is 16.5. The average molecular weight is 743 g/mol. The van der Waals surface area contributed by atoms with Crippen molar-refractivity contribution >= 4 is 52.6 Å². The van der Waals surface area contributed by atoms with E-state index in [4.69, 9.17) is 4.74 Å². The first kappa shape index (κ1) is 37.0. The van der Waals surface area contributed by atoms with Crippen molar-refractivity contribution in [2.45, 2.75) is 52.0 Å². The maximum absolute atomic E-state index is 13.2. The number of anilines is 3. The quantitative estimate of drug-likeness (QED) is 0.125. The summed E-state index contributed by atoms with van der Waals surface area (Å²) in [6.45, 7) is 4.95. The Hall–Kier alpha value is -6.37. The van der Waals surface area contributed by atoms with E-state index < -0.39 is 0 Å². The minimum absolute atomic E-state index is 0.0142. The van der Waals surface area contributed by atoms with Gasteiger partial charge in [0.2, 0.25) is 5.91 Å². The second-order valence-electron chi connectivity index (χ2n) is 14.4. The first-order chi connectivity index (χ1) is 26.4. The van der Waals surface area contributed by atoms with Crippen molar-refractivity contribution in [2.24, 2.45) is 26.1 Å². The summed E-state index contributed by atoms with van der Waals surface area (Å²) < 4.78 is 11.4. The number of fused-ring (bicyclic) bond motifs is 2. The molecular weight excluding hydrogens is 697 g/mol. The van der Waals surface area contributed by atoms with E-state index in [1.54, 1.807) is 28.4 Å². The van der Waals surface area contributed by atoms with E-state index in [2.05, 4.69) is 20.9 Å². The maximum atomic E-state index is 13.2. The van der Waals surface area contributed by atoms with Crippen LogP contribution in [0.5, 0.6) is 5.75 Å². The van der Waals surface area contributed by atoms with Crippen LogP contribution in [0.25, 0.3) is 11.1 Å². The number of nitrogens with one attached hydrogen (secondary N) is 3.